The highest BCUT2D eigenvalue weighted by Gasteiger charge is 2.21. The maximum absolute atomic E-state index is 12.1. The van der Waals surface area contributed by atoms with Gasteiger partial charge in [0.15, 0.2) is 5.78 Å². The molecule has 92 valence electrons. The Labute approximate surface area is 107 Å². The Morgan fingerprint density at radius 1 is 1.39 bits per heavy atom. The van der Waals surface area contributed by atoms with Gasteiger partial charge in [0, 0.05) is 17.0 Å². The van der Waals surface area contributed by atoms with Crippen LogP contribution < -0.4 is 0 Å². The second-order valence-corrected chi connectivity index (χ2v) is 4.10. The number of nitrogens with zero attached hydrogens (tertiary/aromatic N) is 3. The average Bonchev–Trinajstić information content (AvgIpc) is 2.89. The molecule has 1 aromatic carbocycles. The van der Waals surface area contributed by atoms with Gasteiger partial charge in [-0.15, -0.1) is 5.10 Å². The van der Waals surface area contributed by atoms with E-state index in [1.807, 2.05) is 0 Å². The highest BCUT2D eigenvalue weighted by Crippen LogP contribution is 2.14. The first kappa shape index (κ1) is 12.4. The fourth-order valence-corrected chi connectivity index (χ4v) is 1.63. The largest absolute Gasteiger partial charge is 0.303 e. The third-order valence-electron chi connectivity index (χ3n) is 2.43. The lowest BCUT2D eigenvalue weighted by Crippen LogP contribution is -2.19. The number of carbonyl (C=O) groups excluding carboxylic acids is 2. The van der Waals surface area contributed by atoms with Crippen molar-refractivity contribution < 1.29 is 9.59 Å². The number of nitrogens with one attached hydrogen (secondary N) is 1. The number of aromatic nitrogens is 4. The van der Waals surface area contributed by atoms with Gasteiger partial charge in [0.1, 0.15) is 12.1 Å². The SMILES string of the molecule is O=CC(Cc1nnn[nH]1)C(=O)c1ccc(Cl)cc1. The molecule has 2 aromatic rings. The molecule has 2 rings (SSSR count). The minimum absolute atomic E-state index is 0.151. The Morgan fingerprint density at radius 2 is 2.11 bits per heavy atom. The summed E-state index contributed by atoms with van der Waals surface area (Å²) in [6, 6.07) is 6.37. The molecule has 0 saturated carbocycles. The minimum atomic E-state index is -0.805. The number of Topliss-reactive ketones (excluding diaryl/α,β-unsaturated/α-hetero) is 1. The number of aromatic amines is 1. The summed E-state index contributed by atoms with van der Waals surface area (Å²) in [5, 5.41) is 13.5. The first-order valence-electron chi connectivity index (χ1n) is 5.18. The Hall–Kier alpha value is -2.08. The average molecular weight is 265 g/mol. The van der Waals surface area contributed by atoms with E-state index >= 15 is 0 Å². The van der Waals surface area contributed by atoms with Crippen molar-refractivity contribution in [3.8, 4) is 0 Å². The first-order chi connectivity index (χ1) is 8.70. The topological polar surface area (TPSA) is 88.6 Å². The Morgan fingerprint density at radius 3 is 2.67 bits per heavy atom. The smallest absolute Gasteiger partial charge is 0.173 e. The highest BCUT2D eigenvalue weighted by molar-refractivity contribution is 6.30. The maximum atomic E-state index is 12.1. The molecule has 0 bridgehead atoms. The zero-order valence-corrected chi connectivity index (χ0v) is 9.96. The van der Waals surface area contributed by atoms with Crippen molar-refractivity contribution in [1.82, 2.24) is 20.6 Å². The van der Waals surface area contributed by atoms with Crippen LogP contribution in [0.1, 0.15) is 16.2 Å². The van der Waals surface area contributed by atoms with Crippen molar-refractivity contribution >= 4 is 23.7 Å². The van der Waals surface area contributed by atoms with E-state index in [1.165, 1.54) is 0 Å². The molecule has 0 radical (unpaired) electrons. The third kappa shape index (κ3) is 2.78. The molecule has 0 aliphatic rings. The van der Waals surface area contributed by atoms with Gasteiger partial charge in [-0.3, -0.25) is 4.79 Å². The van der Waals surface area contributed by atoms with Gasteiger partial charge in [-0.1, -0.05) is 11.6 Å². The van der Waals surface area contributed by atoms with Crippen LogP contribution in [0.15, 0.2) is 24.3 Å². The fraction of sp³-hybridized carbons (Fsp3) is 0.182. The molecule has 0 fully saturated rings. The van der Waals surface area contributed by atoms with E-state index in [1.54, 1.807) is 24.3 Å². The molecule has 0 aliphatic carbocycles. The molecule has 1 unspecified atom stereocenters. The number of carbonyl (C=O) groups is 2. The predicted molar refractivity (Wildman–Crippen MR) is 63.2 cm³/mol. The van der Waals surface area contributed by atoms with Crippen LogP contribution in [-0.4, -0.2) is 32.7 Å². The predicted octanol–water partition coefficient (Wildman–Crippen LogP) is 1.09. The number of ketones is 1. The molecule has 0 spiro atoms. The zero-order valence-electron chi connectivity index (χ0n) is 9.21. The van der Waals surface area contributed by atoms with E-state index < -0.39 is 5.92 Å². The second kappa shape index (κ2) is 5.50. The van der Waals surface area contributed by atoms with Gasteiger partial charge < -0.3 is 4.79 Å². The monoisotopic (exact) mass is 264 g/mol. The maximum Gasteiger partial charge on any atom is 0.173 e. The van der Waals surface area contributed by atoms with Gasteiger partial charge in [-0.05, 0) is 34.7 Å². The van der Waals surface area contributed by atoms with Crippen LogP contribution >= 0.6 is 11.6 Å². The number of tetrazole rings is 1. The summed E-state index contributed by atoms with van der Waals surface area (Å²) in [4.78, 5) is 23.0. The molecule has 7 heteroatoms. The molecular weight excluding hydrogens is 256 g/mol. The van der Waals surface area contributed by atoms with Crippen LogP contribution in [0.2, 0.25) is 5.02 Å². The van der Waals surface area contributed by atoms with Crippen molar-refractivity contribution in [3.05, 3.63) is 40.7 Å². The van der Waals surface area contributed by atoms with Crippen LogP contribution in [0, 0.1) is 5.92 Å². The molecule has 0 aliphatic heterocycles. The van der Waals surface area contributed by atoms with Crippen LogP contribution in [0.5, 0.6) is 0 Å². The van der Waals surface area contributed by atoms with Gasteiger partial charge in [-0.25, -0.2) is 5.10 Å². The quantitative estimate of drug-likeness (QED) is 0.496. The Kier molecular flexibility index (Phi) is 3.78. The molecule has 1 atom stereocenters. The van der Waals surface area contributed by atoms with E-state index in [2.05, 4.69) is 20.6 Å². The van der Waals surface area contributed by atoms with E-state index in [-0.39, 0.29) is 12.2 Å². The zero-order chi connectivity index (χ0) is 13.0. The summed E-state index contributed by atoms with van der Waals surface area (Å²) in [6.45, 7) is 0. The van der Waals surface area contributed by atoms with Crippen LogP contribution in [-0.2, 0) is 11.2 Å². The lowest BCUT2D eigenvalue weighted by atomic mass is 9.96. The van der Waals surface area contributed by atoms with Crippen molar-refractivity contribution in [2.45, 2.75) is 6.42 Å². The van der Waals surface area contributed by atoms with Crippen molar-refractivity contribution in [2.75, 3.05) is 0 Å². The van der Waals surface area contributed by atoms with Gasteiger partial charge in [0.05, 0.1) is 5.92 Å². The molecule has 1 heterocycles. The van der Waals surface area contributed by atoms with Crippen molar-refractivity contribution in [1.29, 1.82) is 0 Å². The number of aldehydes is 1. The van der Waals surface area contributed by atoms with Crippen molar-refractivity contribution in [2.24, 2.45) is 5.92 Å². The van der Waals surface area contributed by atoms with Crippen LogP contribution in [0.4, 0.5) is 0 Å². The summed E-state index contributed by atoms with van der Waals surface area (Å²) in [5.74, 6) is -0.687. The number of hydrogen-bond acceptors (Lipinski definition) is 5. The van der Waals surface area contributed by atoms with Gasteiger partial charge in [-0.2, -0.15) is 0 Å². The summed E-state index contributed by atoms with van der Waals surface area (Å²) in [7, 11) is 0. The Bertz CT molecular complexity index is 539. The van der Waals surface area contributed by atoms with E-state index in [9.17, 15) is 9.59 Å². The molecule has 0 saturated heterocycles. The molecule has 18 heavy (non-hydrogen) atoms. The summed E-state index contributed by atoms with van der Waals surface area (Å²) >= 11 is 5.73. The van der Waals surface area contributed by atoms with E-state index in [0.717, 1.165) is 0 Å². The standard InChI is InChI=1S/C11H9ClN4O2/c12-9-3-1-7(2-4-9)11(18)8(6-17)5-10-13-15-16-14-10/h1-4,6,8H,5H2,(H,13,14,15,16). The molecule has 1 aromatic heterocycles. The van der Waals surface area contributed by atoms with Gasteiger partial charge in [0.25, 0.3) is 0 Å². The molecular formula is C11H9ClN4O2. The lowest BCUT2D eigenvalue weighted by Gasteiger charge is -2.07. The lowest BCUT2D eigenvalue weighted by molar-refractivity contribution is -0.109. The van der Waals surface area contributed by atoms with Crippen LogP contribution in [0.25, 0.3) is 0 Å². The van der Waals surface area contributed by atoms with Gasteiger partial charge >= 0.3 is 0 Å². The highest BCUT2D eigenvalue weighted by atomic mass is 35.5. The summed E-state index contributed by atoms with van der Waals surface area (Å²) in [6.07, 6.45) is 0.747. The second-order valence-electron chi connectivity index (χ2n) is 3.67. The molecule has 1 N–H and O–H groups in total. The first-order valence-corrected chi connectivity index (χ1v) is 5.56. The third-order valence-corrected chi connectivity index (χ3v) is 2.68. The minimum Gasteiger partial charge on any atom is -0.303 e. The summed E-state index contributed by atoms with van der Waals surface area (Å²) in [5.41, 5.74) is 0.434. The number of benzene rings is 1. The number of rotatable bonds is 5. The number of halogens is 1. The Balaban J connectivity index is 2.15. The molecule has 6 nitrogen and oxygen atoms in total. The number of H-pyrrole nitrogens is 1. The number of hydrogen-bond donors (Lipinski definition) is 1. The van der Waals surface area contributed by atoms with E-state index in [4.69, 9.17) is 11.6 Å². The fourth-order valence-electron chi connectivity index (χ4n) is 1.50. The van der Waals surface area contributed by atoms with Gasteiger partial charge in [0.2, 0.25) is 0 Å². The van der Waals surface area contributed by atoms with Crippen LogP contribution in [0.3, 0.4) is 0 Å². The molecule has 0 amide bonds. The van der Waals surface area contributed by atoms with Crippen molar-refractivity contribution in [3.63, 3.8) is 0 Å². The van der Waals surface area contributed by atoms with E-state index in [0.29, 0.717) is 22.7 Å². The normalized spacial score (nSPS) is 12.1. The summed E-state index contributed by atoms with van der Waals surface area (Å²) < 4.78 is 0.